The third kappa shape index (κ3) is 3.61. The molecule has 2 aliphatic heterocycles. The molecule has 2 atom stereocenters. The van der Waals surface area contributed by atoms with Gasteiger partial charge in [-0.3, -0.25) is 14.4 Å². The van der Waals surface area contributed by atoms with Gasteiger partial charge in [-0.15, -0.1) is 23.5 Å². The first-order chi connectivity index (χ1) is 13.0. The molecule has 2 aromatic carbocycles. The van der Waals surface area contributed by atoms with E-state index in [1.165, 1.54) is 18.7 Å². The standard InChI is InChI=1S/C20H16O5S2/c1-11(21)24-15-9-27-18-7-6-12(8-14(18)20(15)23)25-16-10-26-17-5-3-2-4-13(17)19(16)22/h2-8,15-16H,9-10H2,1H3. The fraction of sp³-hybridized carbons (Fsp3) is 0.250. The molecule has 138 valence electrons. The highest BCUT2D eigenvalue weighted by atomic mass is 32.2. The Hall–Kier alpha value is -2.25. The van der Waals surface area contributed by atoms with E-state index in [1.54, 1.807) is 30.0 Å². The second kappa shape index (κ2) is 7.40. The van der Waals surface area contributed by atoms with Crippen LogP contribution in [-0.4, -0.2) is 41.2 Å². The molecule has 0 bridgehead atoms. The number of carbonyl (C=O) groups excluding carboxylic acids is 3. The smallest absolute Gasteiger partial charge is 0.303 e. The molecule has 0 amide bonds. The summed E-state index contributed by atoms with van der Waals surface area (Å²) < 4.78 is 11.0. The van der Waals surface area contributed by atoms with Gasteiger partial charge in [0.2, 0.25) is 11.6 Å². The zero-order valence-electron chi connectivity index (χ0n) is 14.5. The van der Waals surface area contributed by atoms with Crippen molar-refractivity contribution in [2.75, 3.05) is 11.5 Å². The monoisotopic (exact) mass is 400 g/mol. The molecule has 0 fully saturated rings. The Morgan fingerprint density at radius 3 is 2.37 bits per heavy atom. The largest absolute Gasteiger partial charge is 0.481 e. The first-order valence-electron chi connectivity index (χ1n) is 8.44. The summed E-state index contributed by atoms with van der Waals surface area (Å²) >= 11 is 3.05. The Bertz CT molecular complexity index is 940. The van der Waals surface area contributed by atoms with Gasteiger partial charge in [0, 0.05) is 39.3 Å². The van der Waals surface area contributed by atoms with Gasteiger partial charge in [-0.05, 0) is 24.3 Å². The lowest BCUT2D eigenvalue weighted by Gasteiger charge is -2.25. The summed E-state index contributed by atoms with van der Waals surface area (Å²) in [6, 6.07) is 12.7. The summed E-state index contributed by atoms with van der Waals surface area (Å²) in [6.07, 6.45) is -1.38. The minimum atomic E-state index is -0.783. The molecule has 0 saturated heterocycles. The highest BCUT2D eigenvalue weighted by Crippen LogP contribution is 2.36. The molecule has 0 spiro atoms. The number of carbonyl (C=O) groups is 3. The van der Waals surface area contributed by atoms with Crippen LogP contribution in [0.25, 0.3) is 0 Å². The predicted octanol–water partition coefficient (Wildman–Crippen LogP) is 3.64. The van der Waals surface area contributed by atoms with Gasteiger partial charge in [0.1, 0.15) is 5.75 Å². The number of thioether (sulfide) groups is 2. The van der Waals surface area contributed by atoms with E-state index in [1.807, 2.05) is 24.3 Å². The van der Waals surface area contributed by atoms with E-state index in [0.29, 0.717) is 28.4 Å². The zero-order chi connectivity index (χ0) is 19.0. The quantitative estimate of drug-likeness (QED) is 0.729. The highest BCUT2D eigenvalue weighted by molar-refractivity contribution is 7.99. The van der Waals surface area contributed by atoms with Gasteiger partial charge in [-0.25, -0.2) is 0 Å². The second-order valence-corrected chi connectivity index (χ2v) is 8.33. The van der Waals surface area contributed by atoms with E-state index in [-0.39, 0.29) is 11.6 Å². The van der Waals surface area contributed by atoms with Crippen LogP contribution in [0.3, 0.4) is 0 Å². The molecule has 0 radical (unpaired) electrons. The van der Waals surface area contributed by atoms with Crippen LogP contribution in [0.15, 0.2) is 52.3 Å². The first-order valence-corrected chi connectivity index (χ1v) is 10.4. The van der Waals surface area contributed by atoms with Crippen LogP contribution in [0, 0.1) is 0 Å². The second-order valence-electron chi connectivity index (χ2n) is 6.21. The van der Waals surface area contributed by atoms with Gasteiger partial charge in [-0.2, -0.15) is 0 Å². The minimum Gasteiger partial charge on any atom is -0.481 e. The third-order valence-electron chi connectivity index (χ3n) is 4.32. The summed E-state index contributed by atoms with van der Waals surface area (Å²) in [6.45, 7) is 1.29. The molecular formula is C20H16O5S2. The van der Waals surface area contributed by atoms with E-state index in [9.17, 15) is 14.4 Å². The molecule has 7 heteroatoms. The van der Waals surface area contributed by atoms with Crippen molar-refractivity contribution in [3.05, 3.63) is 53.6 Å². The van der Waals surface area contributed by atoms with Crippen LogP contribution >= 0.6 is 23.5 Å². The van der Waals surface area contributed by atoms with Crippen LogP contribution < -0.4 is 4.74 Å². The zero-order valence-corrected chi connectivity index (χ0v) is 16.1. The Morgan fingerprint density at radius 1 is 0.926 bits per heavy atom. The van der Waals surface area contributed by atoms with E-state index in [4.69, 9.17) is 9.47 Å². The Kier molecular flexibility index (Phi) is 4.97. The number of rotatable bonds is 3. The van der Waals surface area contributed by atoms with E-state index < -0.39 is 18.2 Å². The number of Topliss-reactive ketones (excluding diaryl/α,β-unsaturated/α-hetero) is 2. The number of hydrogen-bond acceptors (Lipinski definition) is 7. The van der Waals surface area contributed by atoms with Crippen molar-refractivity contribution in [1.29, 1.82) is 0 Å². The Labute approximate surface area is 164 Å². The molecule has 0 N–H and O–H groups in total. The van der Waals surface area contributed by atoms with Crippen molar-refractivity contribution >= 4 is 41.1 Å². The molecule has 0 saturated carbocycles. The number of ketones is 2. The Morgan fingerprint density at radius 2 is 1.59 bits per heavy atom. The van der Waals surface area contributed by atoms with Gasteiger partial charge in [0.15, 0.2) is 12.2 Å². The number of esters is 1. The summed E-state index contributed by atoms with van der Waals surface area (Å²) in [5.74, 6) is 0.615. The van der Waals surface area contributed by atoms with Crippen LogP contribution in [0.2, 0.25) is 0 Å². The summed E-state index contributed by atoms with van der Waals surface area (Å²) in [5, 5.41) is 0. The maximum atomic E-state index is 12.7. The van der Waals surface area contributed by atoms with E-state index >= 15 is 0 Å². The minimum absolute atomic E-state index is 0.0550. The highest BCUT2D eigenvalue weighted by Gasteiger charge is 2.32. The number of benzene rings is 2. The maximum Gasteiger partial charge on any atom is 0.303 e. The summed E-state index contributed by atoms with van der Waals surface area (Å²) in [4.78, 5) is 38.3. The Balaban J connectivity index is 1.55. The molecule has 2 aliphatic rings. The molecular weight excluding hydrogens is 384 g/mol. The van der Waals surface area contributed by atoms with Gasteiger partial charge in [0.25, 0.3) is 0 Å². The van der Waals surface area contributed by atoms with Crippen molar-refractivity contribution < 1.29 is 23.9 Å². The molecule has 0 aromatic heterocycles. The van der Waals surface area contributed by atoms with Crippen molar-refractivity contribution in [1.82, 2.24) is 0 Å². The molecule has 2 unspecified atom stereocenters. The normalized spacial score (nSPS) is 21.2. The van der Waals surface area contributed by atoms with Crippen LogP contribution in [0.5, 0.6) is 5.75 Å². The van der Waals surface area contributed by atoms with Gasteiger partial charge >= 0.3 is 5.97 Å². The maximum absolute atomic E-state index is 12.7. The topological polar surface area (TPSA) is 69.7 Å². The lowest BCUT2D eigenvalue weighted by atomic mass is 10.0. The number of fused-ring (bicyclic) bond motifs is 2. The van der Waals surface area contributed by atoms with Crippen LogP contribution in [0.1, 0.15) is 27.6 Å². The van der Waals surface area contributed by atoms with Crippen molar-refractivity contribution in [3.8, 4) is 5.75 Å². The summed E-state index contributed by atoms with van der Waals surface area (Å²) in [7, 11) is 0. The van der Waals surface area contributed by atoms with E-state index in [2.05, 4.69) is 0 Å². The summed E-state index contributed by atoms with van der Waals surface area (Å²) in [5.41, 5.74) is 1.13. The molecule has 5 nitrogen and oxygen atoms in total. The molecule has 2 heterocycles. The number of hydrogen-bond donors (Lipinski definition) is 0. The average Bonchev–Trinajstić information content (AvgIpc) is 2.66. The number of ether oxygens (including phenoxy) is 2. The van der Waals surface area contributed by atoms with Crippen molar-refractivity contribution in [3.63, 3.8) is 0 Å². The van der Waals surface area contributed by atoms with Crippen LogP contribution in [-0.2, 0) is 9.53 Å². The van der Waals surface area contributed by atoms with E-state index in [0.717, 1.165) is 9.79 Å². The predicted molar refractivity (Wildman–Crippen MR) is 103 cm³/mol. The van der Waals surface area contributed by atoms with Crippen molar-refractivity contribution in [2.45, 2.75) is 28.9 Å². The SMILES string of the molecule is CC(=O)OC1CSc2ccc(OC3CSc4ccccc4C3=O)cc2C1=O. The average molecular weight is 400 g/mol. The van der Waals surface area contributed by atoms with Crippen LogP contribution in [0.4, 0.5) is 0 Å². The lowest BCUT2D eigenvalue weighted by Crippen LogP contribution is -2.34. The fourth-order valence-electron chi connectivity index (χ4n) is 3.07. The fourth-order valence-corrected chi connectivity index (χ4v) is 5.14. The molecule has 2 aromatic rings. The van der Waals surface area contributed by atoms with Gasteiger partial charge < -0.3 is 9.47 Å². The molecule has 0 aliphatic carbocycles. The van der Waals surface area contributed by atoms with Crippen molar-refractivity contribution in [2.24, 2.45) is 0 Å². The third-order valence-corrected chi connectivity index (χ3v) is 6.59. The lowest BCUT2D eigenvalue weighted by molar-refractivity contribution is -0.143. The van der Waals surface area contributed by atoms with Gasteiger partial charge in [0.05, 0.1) is 0 Å². The molecule has 27 heavy (non-hydrogen) atoms. The van der Waals surface area contributed by atoms with Gasteiger partial charge in [-0.1, -0.05) is 18.2 Å². The molecule has 4 rings (SSSR count). The first kappa shape index (κ1) is 18.1.